The molecule has 27 heavy (non-hydrogen) atoms. The van der Waals surface area contributed by atoms with Gasteiger partial charge in [0.15, 0.2) is 5.69 Å². The first-order valence-corrected chi connectivity index (χ1v) is 12.2. The zero-order valence-electron chi connectivity index (χ0n) is 18.2. The summed E-state index contributed by atoms with van der Waals surface area (Å²) in [6, 6.07) is 0. The fraction of sp³-hybridized carbons (Fsp3) is 0.870. The number of aromatic nitrogens is 1. The maximum absolute atomic E-state index is 5.83. The minimum absolute atomic E-state index is 0. The summed E-state index contributed by atoms with van der Waals surface area (Å²) >= 11 is 1.91. The Labute approximate surface area is 190 Å². The van der Waals surface area contributed by atoms with Crippen LogP contribution >= 0.6 is 11.3 Å². The van der Waals surface area contributed by atoms with Gasteiger partial charge < -0.3 is 28.7 Å². The third-order valence-corrected chi connectivity index (χ3v) is 6.42. The van der Waals surface area contributed by atoms with E-state index in [-0.39, 0.29) is 24.0 Å². The molecule has 0 unspecified atom stereocenters. The topological polar surface area (TPSA) is 13.1 Å². The van der Waals surface area contributed by atoms with Gasteiger partial charge in [-0.3, -0.25) is 0 Å². The van der Waals surface area contributed by atoms with Crippen LogP contribution in [0.1, 0.15) is 108 Å². The summed E-state index contributed by atoms with van der Waals surface area (Å²) in [6.45, 7) is 9.84. The van der Waals surface area contributed by atoms with E-state index in [2.05, 4.69) is 30.8 Å². The lowest BCUT2D eigenvalue weighted by Gasteiger charge is -2.03. The lowest BCUT2D eigenvalue weighted by Crippen LogP contribution is -3.00. The van der Waals surface area contributed by atoms with Gasteiger partial charge in [0.25, 0.3) is 0 Å². The van der Waals surface area contributed by atoms with Crippen LogP contribution in [-0.2, 0) is 17.7 Å². The van der Waals surface area contributed by atoms with E-state index >= 15 is 0 Å². The molecule has 160 valence electrons. The maximum atomic E-state index is 5.83. The molecule has 1 heterocycles. The minimum atomic E-state index is 0. The van der Waals surface area contributed by atoms with Crippen LogP contribution in [0.2, 0.25) is 0 Å². The van der Waals surface area contributed by atoms with Crippen LogP contribution in [0.3, 0.4) is 0 Å². The Morgan fingerprint density at radius 2 is 1.33 bits per heavy atom. The number of hydrogen-bond acceptors (Lipinski definition) is 2. The van der Waals surface area contributed by atoms with E-state index in [1.807, 2.05) is 11.3 Å². The van der Waals surface area contributed by atoms with E-state index in [0.29, 0.717) is 0 Å². The van der Waals surface area contributed by atoms with Crippen LogP contribution < -0.4 is 28.5 Å². The van der Waals surface area contributed by atoms with Crippen molar-refractivity contribution in [3.63, 3.8) is 0 Å². The molecule has 0 N–H and O–H groups in total. The van der Waals surface area contributed by atoms with E-state index in [1.54, 1.807) is 0 Å². The van der Waals surface area contributed by atoms with Crippen LogP contribution in [0.15, 0.2) is 5.51 Å². The first-order chi connectivity index (χ1) is 12.8. The van der Waals surface area contributed by atoms with Crippen molar-refractivity contribution >= 4 is 11.3 Å². The molecule has 0 fully saturated rings. The summed E-state index contributed by atoms with van der Waals surface area (Å²) in [5.41, 5.74) is 3.78. The predicted octanol–water partition coefficient (Wildman–Crippen LogP) is 4.02. The highest BCUT2D eigenvalue weighted by molar-refractivity contribution is 7.09. The molecule has 4 heteroatoms. The fourth-order valence-corrected chi connectivity index (χ4v) is 4.41. The quantitative estimate of drug-likeness (QED) is 0.166. The molecule has 1 rings (SSSR count). The Balaban J connectivity index is 0.00000676. The third kappa shape index (κ3) is 14.0. The molecular weight excluding hydrogens is 465 g/mol. The normalized spacial score (nSPS) is 10.9. The molecule has 2 nitrogen and oxygen atoms in total. The highest BCUT2D eigenvalue weighted by Gasteiger charge is 2.14. The lowest BCUT2D eigenvalue weighted by molar-refractivity contribution is -0.698. The molecule has 0 amide bonds. The average Bonchev–Trinajstić information content (AvgIpc) is 2.99. The largest absolute Gasteiger partial charge is 1.00 e. The van der Waals surface area contributed by atoms with Crippen molar-refractivity contribution in [3.8, 4) is 0 Å². The molecule has 0 spiro atoms. The summed E-state index contributed by atoms with van der Waals surface area (Å²) in [4.78, 5) is 1.51. The standard InChI is InChI=1S/C23H44NOS.HI/c1-4-6-8-10-11-12-13-15-18-24-21-26-23(22(24)3)17-20-25-19-16-14-9-7-5-2;/h21H,4-20H2,1-3H3;1H/q+1;/p-1. The Bertz CT molecular complexity index is 399. The molecule has 0 saturated carbocycles. The Morgan fingerprint density at radius 1 is 0.778 bits per heavy atom. The number of ether oxygens (including phenoxy) is 1. The van der Waals surface area contributed by atoms with E-state index < -0.39 is 0 Å². The van der Waals surface area contributed by atoms with Gasteiger partial charge >= 0.3 is 0 Å². The van der Waals surface area contributed by atoms with Gasteiger partial charge in [-0.1, -0.05) is 89.4 Å². The van der Waals surface area contributed by atoms with E-state index in [9.17, 15) is 0 Å². The van der Waals surface area contributed by atoms with Crippen molar-refractivity contribution < 1.29 is 33.3 Å². The zero-order valence-corrected chi connectivity index (χ0v) is 21.2. The number of unbranched alkanes of at least 4 members (excludes halogenated alkanes) is 11. The van der Waals surface area contributed by atoms with Crippen molar-refractivity contribution in [2.24, 2.45) is 0 Å². The Morgan fingerprint density at radius 3 is 1.96 bits per heavy atom. The van der Waals surface area contributed by atoms with Crippen LogP contribution in [-0.4, -0.2) is 13.2 Å². The molecule has 0 aliphatic rings. The van der Waals surface area contributed by atoms with Crippen LogP contribution in [0, 0.1) is 6.92 Å². The van der Waals surface area contributed by atoms with Crippen molar-refractivity contribution in [3.05, 3.63) is 16.1 Å². The average molecular weight is 510 g/mol. The second-order valence-electron chi connectivity index (χ2n) is 7.68. The van der Waals surface area contributed by atoms with Crippen LogP contribution in [0.4, 0.5) is 0 Å². The summed E-state index contributed by atoms with van der Waals surface area (Å²) in [7, 11) is 0. The molecule has 0 bridgehead atoms. The van der Waals surface area contributed by atoms with Crippen molar-refractivity contribution in [1.29, 1.82) is 0 Å². The molecule has 0 radical (unpaired) electrons. The van der Waals surface area contributed by atoms with Gasteiger partial charge in [0.1, 0.15) is 6.54 Å². The van der Waals surface area contributed by atoms with Gasteiger partial charge in [-0.2, -0.15) is 4.57 Å². The maximum Gasteiger partial charge on any atom is 0.225 e. The molecule has 0 aliphatic heterocycles. The van der Waals surface area contributed by atoms with Gasteiger partial charge in [0.2, 0.25) is 5.51 Å². The number of aryl methyl sites for hydroxylation is 1. The third-order valence-electron chi connectivity index (χ3n) is 5.27. The highest BCUT2D eigenvalue weighted by atomic mass is 127. The van der Waals surface area contributed by atoms with Crippen LogP contribution in [0.5, 0.6) is 0 Å². The fourth-order valence-electron chi connectivity index (χ4n) is 3.40. The van der Waals surface area contributed by atoms with E-state index in [4.69, 9.17) is 4.74 Å². The van der Waals surface area contributed by atoms with Crippen molar-refractivity contribution in [2.45, 2.75) is 117 Å². The van der Waals surface area contributed by atoms with Gasteiger partial charge in [-0.25, -0.2) is 0 Å². The van der Waals surface area contributed by atoms with Crippen LogP contribution in [0.25, 0.3) is 0 Å². The monoisotopic (exact) mass is 509 g/mol. The Kier molecular flexibility index (Phi) is 19.9. The lowest BCUT2D eigenvalue weighted by atomic mass is 10.1. The van der Waals surface area contributed by atoms with E-state index in [0.717, 1.165) is 19.6 Å². The molecule has 0 aromatic carbocycles. The molecular formula is C23H44INOS. The van der Waals surface area contributed by atoms with Gasteiger partial charge in [-0.05, 0) is 12.8 Å². The second-order valence-corrected chi connectivity index (χ2v) is 8.62. The number of thiazole rings is 1. The number of rotatable bonds is 18. The number of hydrogen-bond donors (Lipinski definition) is 0. The minimum Gasteiger partial charge on any atom is -1.00 e. The predicted molar refractivity (Wildman–Crippen MR) is 115 cm³/mol. The molecule has 0 saturated heterocycles. The Hall–Kier alpha value is 0.320. The SMILES string of the molecule is CCCCCCCCCC[n+]1csc(CCOCCCCCCC)c1C.[I-]. The molecule has 1 aromatic rings. The van der Waals surface area contributed by atoms with E-state index in [1.165, 1.54) is 101 Å². The molecule has 1 aromatic heterocycles. The smallest absolute Gasteiger partial charge is 0.225 e. The summed E-state index contributed by atoms with van der Waals surface area (Å²) in [5, 5.41) is 0. The highest BCUT2D eigenvalue weighted by Crippen LogP contribution is 2.13. The first kappa shape index (κ1) is 27.3. The molecule has 0 atom stereocenters. The summed E-state index contributed by atoms with van der Waals surface area (Å²) < 4.78 is 8.29. The first-order valence-electron chi connectivity index (χ1n) is 11.3. The number of halogens is 1. The second kappa shape index (κ2) is 19.6. The summed E-state index contributed by atoms with van der Waals surface area (Å²) in [6.07, 6.45) is 18.8. The van der Waals surface area contributed by atoms with Gasteiger partial charge in [0, 0.05) is 26.4 Å². The summed E-state index contributed by atoms with van der Waals surface area (Å²) in [5.74, 6) is 0. The number of nitrogens with zero attached hydrogens (tertiary/aromatic N) is 1. The van der Waals surface area contributed by atoms with Crippen molar-refractivity contribution in [1.82, 2.24) is 0 Å². The van der Waals surface area contributed by atoms with Gasteiger partial charge in [-0.15, -0.1) is 0 Å². The zero-order chi connectivity index (χ0) is 18.9. The van der Waals surface area contributed by atoms with Gasteiger partial charge in [0.05, 0.1) is 11.5 Å². The molecule has 0 aliphatic carbocycles. The van der Waals surface area contributed by atoms with Crippen molar-refractivity contribution in [2.75, 3.05) is 13.2 Å².